The Kier molecular flexibility index (Phi) is 4.31. The summed E-state index contributed by atoms with van der Waals surface area (Å²) in [6.45, 7) is 2.09. The number of carbonyl (C=O) groups is 1. The van der Waals surface area contributed by atoms with Gasteiger partial charge in [0.2, 0.25) is 0 Å². The number of aryl methyl sites for hydroxylation is 1. The summed E-state index contributed by atoms with van der Waals surface area (Å²) in [7, 11) is 0. The minimum absolute atomic E-state index is 0.311. The standard InChI is InChI=1S/C12H18N2O2/c1-2-3-9-5-4-8(6-10(9)13)7-11(14)12(15)16/h4-6,11H,2-3,7,13-14H2,1H3,(H,15,16)/t11-/m0/s1. The molecule has 1 aromatic rings. The highest BCUT2D eigenvalue weighted by Gasteiger charge is 2.12. The quantitative estimate of drug-likeness (QED) is 0.652. The molecule has 4 heteroatoms. The lowest BCUT2D eigenvalue weighted by molar-refractivity contribution is -0.138. The molecule has 0 aliphatic carbocycles. The van der Waals surface area contributed by atoms with Gasteiger partial charge in [-0.1, -0.05) is 25.5 Å². The zero-order chi connectivity index (χ0) is 12.1. The Balaban J connectivity index is 2.77. The van der Waals surface area contributed by atoms with E-state index in [0.29, 0.717) is 6.42 Å². The maximum atomic E-state index is 10.6. The van der Waals surface area contributed by atoms with Crippen LogP contribution in [0.4, 0.5) is 5.69 Å². The molecule has 0 radical (unpaired) electrons. The monoisotopic (exact) mass is 222 g/mol. The molecule has 1 rings (SSSR count). The maximum absolute atomic E-state index is 10.6. The third kappa shape index (κ3) is 3.24. The summed E-state index contributed by atoms with van der Waals surface area (Å²) >= 11 is 0. The summed E-state index contributed by atoms with van der Waals surface area (Å²) in [5.41, 5.74) is 14.0. The first-order valence-corrected chi connectivity index (χ1v) is 5.40. The number of nitrogens with two attached hydrogens (primary N) is 2. The molecule has 0 saturated heterocycles. The highest BCUT2D eigenvalue weighted by atomic mass is 16.4. The van der Waals surface area contributed by atoms with E-state index in [1.54, 1.807) is 0 Å². The van der Waals surface area contributed by atoms with Crippen molar-refractivity contribution in [2.24, 2.45) is 5.73 Å². The summed E-state index contributed by atoms with van der Waals surface area (Å²) in [4.78, 5) is 10.6. The van der Waals surface area contributed by atoms with Gasteiger partial charge < -0.3 is 16.6 Å². The molecule has 1 aromatic carbocycles. The number of anilines is 1. The Morgan fingerprint density at radius 1 is 1.50 bits per heavy atom. The highest BCUT2D eigenvalue weighted by Crippen LogP contribution is 2.16. The number of nitrogen functional groups attached to an aromatic ring is 1. The van der Waals surface area contributed by atoms with Gasteiger partial charge in [-0.05, 0) is 30.0 Å². The van der Waals surface area contributed by atoms with Crippen molar-refractivity contribution in [3.8, 4) is 0 Å². The number of hydrogen-bond acceptors (Lipinski definition) is 3. The fourth-order valence-electron chi connectivity index (χ4n) is 1.61. The summed E-state index contributed by atoms with van der Waals surface area (Å²) in [5.74, 6) is -0.990. The van der Waals surface area contributed by atoms with Gasteiger partial charge in [0.1, 0.15) is 6.04 Å². The normalized spacial score (nSPS) is 12.4. The van der Waals surface area contributed by atoms with Crippen molar-refractivity contribution >= 4 is 11.7 Å². The molecule has 0 unspecified atom stereocenters. The number of carboxylic acid groups (broad SMARTS) is 1. The summed E-state index contributed by atoms with van der Waals surface area (Å²) in [6, 6.07) is 4.79. The van der Waals surface area contributed by atoms with Crippen molar-refractivity contribution in [2.75, 3.05) is 5.73 Å². The summed E-state index contributed by atoms with van der Waals surface area (Å²) in [5, 5.41) is 8.70. The number of aliphatic carboxylic acids is 1. The predicted octanol–water partition coefficient (Wildman–Crippen LogP) is 1.18. The van der Waals surface area contributed by atoms with Crippen LogP contribution in [-0.2, 0) is 17.6 Å². The second kappa shape index (κ2) is 5.51. The van der Waals surface area contributed by atoms with Crippen LogP contribution in [0, 0.1) is 0 Å². The zero-order valence-electron chi connectivity index (χ0n) is 9.44. The van der Waals surface area contributed by atoms with Crippen LogP contribution >= 0.6 is 0 Å². The molecule has 0 heterocycles. The number of carboxylic acids is 1. The van der Waals surface area contributed by atoms with Crippen LogP contribution < -0.4 is 11.5 Å². The van der Waals surface area contributed by atoms with E-state index in [9.17, 15) is 4.79 Å². The van der Waals surface area contributed by atoms with Crippen LogP contribution in [0.2, 0.25) is 0 Å². The van der Waals surface area contributed by atoms with E-state index >= 15 is 0 Å². The molecule has 4 nitrogen and oxygen atoms in total. The fourth-order valence-corrected chi connectivity index (χ4v) is 1.61. The molecule has 0 amide bonds. The molecule has 0 spiro atoms. The molecular formula is C12H18N2O2. The van der Waals surface area contributed by atoms with E-state index < -0.39 is 12.0 Å². The Morgan fingerprint density at radius 3 is 2.69 bits per heavy atom. The summed E-state index contributed by atoms with van der Waals surface area (Å²) in [6.07, 6.45) is 2.29. The predicted molar refractivity (Wildman–Crippen MR) is 64.2 cm³/mol. The highest BCUT2D eigenvalue weighted by molar-refractivity contribution is 5.73. The lowest BCUT2D eigenvalue weighted by Crippen LogP contribution is -2.32. The summed E-state index contributed by atoms with van der Waals surface area (Å²) < 4.78 is 0. The largest absolute Gasteiger partial charge is 0.480 e. The second-order valence-electron chi connectivity index (χ2n) is 3.93. The van der Waals surface area contributed by atoms with Gasteiger partial charge >= 0.3 is 5.97 Å². The smallest absolute Gasteiger partial charge is 0.320 e. The van der Waals surface area contributed by atoms with Gasteiger partial charge in [0, 0.05) is 5.69 Å². The number of benzene rings is 1. The third-order valence-electron chi connectivity index (χ3n) is 2.50. The van der Waals surface area contributed by atoms with Crippen LogP contribution in [-0.4, -0.2) is 17.1 Å². The topological polar surface area (TPSA) is 89.3 Å². The van der Waals surface area contributed by atoms with Crippen molar-refractivity contribution in [3.63, 3.8) is 0 Å². The average molecular weight is 222 g/mol. The lowest BCUT2D eigenvalue weighted by atomic mass is 10.0. The van der Waals surface area contributed by atoms with Gasteiger partial charge in [0.05, 0.1) is 0 Å². The van der Waals surface area contributed by atoms with E-state index in [2.05, 4.69) is 6.92 Å². The fraction of sp³-hybridized carbons (Fsp3) is 0.417. The maximum Gasteiger partial charge on any atom is 0.320 e. The first kappa shape index (κ1) is 12.5. The molecule has 0 aromatic heterocycles. The molecule has 0 aliphatic heterocycles. The van der Waals surface area contributed by atoms with Crippen molar-refractivity contribution in [3.05, 3.63) is 29.3 Å². The molecule has 88 valence electrons. The first-order chi connectivity index (χ1) is 7.54. The van der Waals surface area contributed by atoms with E-state index in [1.165, 1.54) is 0 Å². The third-order valence-corrected chi connectivity index (χ3v) is 2.50. The van der Waals surface area contributed by atoms with Gasteiger partial charge in [0.15, 0.2) is 0 Å². The van der Waals surface area contributed by atoms with Gasteiger partial charge in [-0.15, -0.1) is 0 Å². The Labute approximate surface area is 95.3 Å². The van der Waals surface area contributed by atoms with Crippen molar-refractivity contribution in [2.45, 2.75) is 32.2 Å². The van der Waals surface area contributed by atoms with Crippen molar-refractivity contribution in [1.82, 2.24) is 0 Å². The molecule has 0 aliphatic rings. The van der Waals surface area contributed by atoms with Crippen molar-refractivity contribution in [1.29, 1.82) is 0 Å². The van der Waals surface area contributed by atoms with Crippen LogP contribution in [0.5, 0.6) is 0 Å². The molecule has 0 fully saturated rings. The first-order valence-electron chi connectivity index (χ1n) is 5.40. The Hall–Kier alpha value is -1.55. The second-order valence-corrected chi connectivity index (χ2v) is 3.93. The molecular weight excluding hydrogens is 204 g/mol. The molecule has 0 saturated carbocycles. The molecule has 16 heavy (non-hydrogen) atoms. The molecule has 5 N–H and O–H groups in total. The van der Waals surface area contributed by atoms with E-state index in [0.717, 1.165) is 29.7 Å². The Bertz CT molecular complexity index is 377. The van der Waals surface area contributed by atoms with Gasteiger partial charge in [0.25, 0.3) is 0 Å². The van der Waals surface area contributed by atoms with E-state index in [1.807, 2.05) is 18.2 Å². The SMILES string of the molecule is CCCc1ccc(C[C@H](N)C(=O)O)cc1N. The van der Waals surface area contributed by atoms with Crippen LogP contribution in [0.1, 0.15) is 24.5 Å². The van der Waals surface area contributed by atoms with E-state index in [-0.39, 0.29) is 0 Å². The number of hydrogen-bond donors (Lipinski definition) is 3. The van der Waals surface area contributed by atoms with Crippen molar-refractivity contribution < 1.29 is 9.90 Å². The van der Waals surface area contributed by atoms with Gasteiger partial charge in [-0.2, -0.15) is 0 Å². The van der Waals surface area contributed by atoms with E-state index in [4.69, 9.17) is 16.6 Å². The van der Waals surface area contributed by atoms with Crippen LogP contribution in [0.3, 0.4) is 0 Å². The minimum atomic E-state index is -0.990. The molecule has 1 atom stereocenters. The van der Waals surface area contributed by atoms with Crippen LogP contribution in [0.25, 0.3) is 0 Å². The average Bonchev–Trinajstić information content (AvgIpc) is 2.22. The lowest BCUT2D eigenvalue weighted by Gasteiger charge is -2.09. The number of rotatable bonds is 5. The van der Waals surface area contributed by atoms with Gasteiger partial charge in [-0.25, -0.2) is 0 Å². The van der Waals surface area contributed by atoms with Gasteiger partial charge in [-0.3, -0.25) is 4.79 Å². The molecule has 0 bridgehead atoms. The minimum Gasteiger partial charge on any atom is -0.480 e. The Morgan fingerprint density at radius 2 is 2.19 bits per heavy atom. The van der Waals surface area contributed by atoms with Crippen LogP contribution in [0.15, 0.2) is 18.2 Å². The zero-order valence-corrected chi connectivity index (χ0v) is 9.44.